The Kier molecular flexibility index (Phi) is 5.38. The number of fused-ring (bicyclic) bond motifs is 1. The van der Waals surface area contributed by atoms with E-state index in [1.54, 1.807) is 0 Å². The van der Waals surface area contributed by atoms with Gasteiger partial charge in [0.15, 0.2) is 9.84 Å². The molecule has 4 aromatic rings. The van der Waals surface area contributed by atoms with Crippen LogP contribution in [0.5, 0.6) is 11.5 Å². The third-order valence-corrected chi connectivity index (χ3v) is 5.98. The van der Waals surface area contributed by atoms with E-state index < -0.39 is 27.4 Å². The van der Waals surface area contributed by atoms with Gasteiger partial charge in [0.1, 0.15) is 29.2 Å². The highest BCUT2D eigenvalue weighted by atomic mass is 35.5. The van der Waals surface area contributed by atoms with Crippen LogP contribution in [0.15, 0.2) is 65.8 Å². The maximum atomic E-state index is 13.9. The molecule has 0 saturated heterocycles. The van der Waals surface area contributed by atoms with Crippen molar-refractivity contribution in [1.29, 1.82) is 0 Å². The van der Waals surface area contributed by atoms with Gasteiger partial charge in [0.05, 0.1) is 26.7 Å². The monoisotopic (exact) mass is 484 g/mol. The molecule has 3 aromatic carbocycles. The highest BCUT2D eigenvalue weighted by molar-refractivity contribution is 7.90. The Morgan fingerprint density at radius 2 is 1.78 bits per heavy atom. The molecule has 0 atom stereocenters. The molecule has 0 saturated carbocycles. The Balaban J connectivity index is 1.78. The molecule has 1 aromatic heterocycles. The smallest absolute Gasteiger partial charge is 0.418 e. The Labute approximate surface area is 184 Å². The number of hydrogen-bond acceptors (Lipinski definition) is 4. The second-order valence-corrected chi connectivity index (χ2v) is 9.32. The van der Waals surface area contributed by atoms with Crippen molar-refractivity contribution < 1.29 is 30.7 Å². The first-order valence-electron chi connectivity index (χ1n) is 8.95. The molecule has 0 spiro atoms. The van der Waals surface area contributed by atoms with E-state index in [2.05, 4.69) is 4.98 Å². The minimum atomic E-state index is -4.58. The van der Waals surface area contributed by atoms with Crippen LogP contribution >= 0.6 is 11.6 Å². The van der Waals surface area contributed by atoms with E-state index in [0.29, 0.717) is 0 Å². The zero-order valence-electron chi connectivity index (χ0n) is 16.2. The number of alkyl halides is 3. The molecule has 0 aliphatic carbocycles. The fourth-order valence-electron chi connectivity index (χ4n) is 3.15. The van der Waals surface area contributed by atoms with Crippen LogP contribution in [0.1, 0.15) is 5.56 Å². The summed E-state index contributed by atoms with van der Waals surface area (Å²) in [6.45, 7) is 0. The molecule has 5 nitrogen and oxygen atoms in total. The summed E-state index contributed by atoms with van der Waals surface area (Å²) in [7, 11) is -3.68. The number of benzene rings is 3. The molecule has 0 N–H and O–H groups in total. The van der Waals surface area contributed by atoms with Crippen molar-refractivity contribution in [3.05, 3.63) is 77.3 Å². The van der Waals surface area contributed by atoms with E-state index >= 15 is 0 Å². The van der Waals surface area contributed by atoms with E-state index in [1.807, 2.05) is 0 Å². The average molecular weight is 485 g/mol. The van der Waals surface area contributed by atoms with Gasteiger partial charge in [-0.3, -0.25) is 4.57 Å². The lowest BCUT2D eigenvalue weighted by atomic mass is 10.1. The van der Waals surface area contributed by atoms with E-state index in [-0.39, 0.29) is 38.1 Å². The van der Waals surface area contributed by atoms with Gasteiger partial charge in [0.2, 0.25) is 0 Å². The summed E-state index contributed by atoms with van der Waals surface area (Å²) in [6, 6.07) is 11.0. The first-order chi connectivity index (χ1) is 14.9. The molecule has 0 radical (unpaired) electrons. The molecule has 0 unspecified atom stereocenters. The topological polar surface area (TPSA) is 61.2 Å². The molecule has 11 heteroatoms. The second-order valence-electron chi connectivity index (χ2n) is 6.90. The summed E-state index contributed by atoms with van der Waals surface area (Å²) in [4.78, 5) is 3.63. The number of sulfone groups is 1. The maximum Gasteiger partial charge on any atom is 0.418 e. The largest absolute Gasteiger partial charge is 0.457 e. The zero-order chi connectivity index (χ0) is 23.3. The summed E-state index contributed by atoms with van der Waals surface area (Å²) < 4.78 is 84.2. The van der Waals surface area contributed by atoms with Crippen LogP contribution in [0.2, 0.25) is 5.02 Å². The number of ether oxygens (including phenoxy) is 1. The lowest BCUT2D eigenvalue weighted by Crippen LogP contribution is -2.05. The van der Waals surface area contributed by atoms with Crippen LogP contribution in [0.4, 0.5) is 17.6 Å². The van der Waals surface area contributed by atoms with Gasteiger partial charge in [-0.05, 0) is 36.4 Å². The number of para-hydroxylation sites is 1. The highest BCUT2D eigenvalue weighted by Crippen LogP contribution is 2.36. The van der Waals surface area contributed by atoms with Gasteiger partial charge in [-0.1, -0.05) is 17.7 Å². The lowest BCUT2D eigenvalue weighted by Gasteiger charge is -2.12. The van der Waals surface area contributed by atoms with Crippen molar-refractivity contribution in [2.45, 2.75) is 11.1 Å². The Morgan fingerprint density at radius 1 is 1.03 bits per heavy atom. The number of nitrogens with zero attached hydrogens (tertiary/aromatic N) is 2. The number of halogens is 5. The van der Waals surface area contributed by atoms with Crippen LogP contribution in [0, 0.1) is 5.82 Å². The molecule has 0 fully saturated rings. The summed E-state index contributed by atoms with van der Waals surface area (Å²) in [5, 5.41) is 0.199. The fourth-order valence-corrected chi connectivity index (χ4v) is 4.01. The Morgan fingerprint density at radius 3 is 2.47 bits per heavy atom. The summed E-state index contributed by atoms with van der Waals surface area (Å²) >= 11 is 6.27. The molecule has 0 amide bonds. The minimum Gasteiger partial charge on any atom is -0.457 e. The van der Waals surface area contributed by atoms with Crippen LogP contribution in [-0.4, -0.2) is 24.2 Å². The summed E-state index contributed by atoms with van der Waals surface area (Å²) in [6.07, 6.45) is -2.44. The number of aromatic nitrogens is 2. The molecule has 4 rings (SSSR count). The van der Waals surface area contributed by atoms with Crippen LogP contribution in [-0.2, 0) is 16.0 Å². The van der Waals surface area contributed by atoms with Gasteiger partial charge in [-0.2, -0.15) is 13.2 Å². The van der Waals surface area contributed by atoms with Crippen molar-refractivity contribution in [3.8, 4) is 17.2 Å². The maximum absolute atomic E-state index is 13.9. The standard InChI is InChI=1S/C21H13ClF4N2O3S/c1-32(29,30)15-8-12(23)7-14(9-15)31-13-5-6-17(22)19(10-13)28-11-27-20-16(21(24,25)26)3-2-4-18(20)28/h2-11H,1H3. The third kappa shape index (κ3) is 4.28. The predicted octanol–water partition coefficient (Wildman–Crippen LogP) is 6.03. The molecule has 1 heterocycles. The highest BCUT2D eigenvalue weighted by Gasteiger charge is 2.33. The average Bonchev–Trinajstić information content (AvgIpc) is 3.11. The zero-order valence-corrected chi connectivity index (χ0v) is 17.8. The normalized spacial score (nSPS) is 12.3. The molecule has 0 aliphatic rings. The van der Waals surface area contributed by atoms with Gasteiger partial charge in [-0.25, -0.2) is 17.8 Å². The molecular formula is C21H13ClF4N2O3S. The van der Waals surface area contributed by atoms with Crippen molar-refractivity contribution in [2.75, 3.05) is 6.26 Å². The van der Waals surface area contributed by atoms with Gasteiger partial charge in [-0.15, -0.1) is 0 Å². The molecular weight excluding hydrogens is 472 g/mol. The van der Waals surface area contributed by atoms with Crippen LogP contribution in [0.25, 0.3) is 16.7 Å². The predicted molar refractivity (Wildman–Crippen MR) is 111 cm³/mol. The second kappa shape index (κ2) is 7.79. The SMILES string of the molecule is CS(=O)(=O)c1cc(F)cc(Oc2ccc(Cl)c(-n3cnc4c(C(F)(F)F)cccc43)c2)c1. The first kappa shape index (κ1) is 22.1. The van der Waals surface area contributed by atoms with Crippen molar-refractivity contribution in [2.24, 2.45) is 0 Å². The van der Waals surface area contributed by atoms with Crippen LogP contribution < -0.4 is 4.74 Å². The van der Waals surface area contributed by atoms with Crippen molar-refractivity contribution in [3.63, 3.8) is 0 Å². The Bertz CT molecular complexity index is 1450. The van der Waals surface area contributed by atoms with Gasteiger partial charge >= 0.3 is 6.18 Å². The van der Waals surface area contributed by atoms with Gasteiger partial charge in [0, 0.05) is 18.4 Å². The van der Waals surface area contributed by atoms with E-state index in [0.717, 1.165) is 30.5 Å². The molecule has 0 bridgehead atoms. The Hall–Kier alpha value is -3.11. The van der Waals surface area contributed by atoms with Crippen molar-refractivity contribution in [1.82, 2.24) is 9.55 Å². The quantitative estimate of drug-likeness (QED) is 0.332. The van der Waals surface area contributed by atoms with Crippen LogP contribution in [0.3, 0.4) is 0 Å². The fraction of sp³-hybridized carbons (Fsp3) is 0.0952. The summed E-state index contributed by atoms with van der Waals surface area (Å²) in [5.41, 5.74) is -0.689. The number of imidazole rings is 1. The van der Waals surface area contributed by atoms with Gasteiger partial charge in [0.25, 0.3) is 0 Å². The van der Waals surface area contributed by atoms with E-state index in [1.165, 1.54) is 41.2 Å². The van der Waals surface area contributed by atoms with Crippen molar-refractivity contribution >= 4 is 32.5 Å². The lowest BCUT2D eigenvalue weighted by molar-refractivity contribution is -0.136. The van der Waals surface area contributed by atoms with E-state index in [9.17, 15) is 26.0 Å². The number of rotatable bonds is 4. The molecule has 0 aliphatic heterocycles. The minimum absolute atomic E-state index is 0.0754. The molecule has 32 heavy (non-hydrogen) atoms. The van der Waals surface area contributed by atoms with Gasteiger partial charge < -0.3 is 4.74 Å². The third-order valence-electron chi connectivity index (χ3n) is 4.57. The number of hydrogen-bond donors (Lipinski definition) is 0. The summed E-state index contributed by atoms with van der Waals surface area (Å²) in [5.74, 6) is -0.728. The van der Waals surface area contributed by atoms with E-state index in [4.69, 9.17) is 16.3 Å². The first-order valence-corrected chi connectivity index (χ1v) is 11.2. The molecule has 166 valence electrons.